The van der Waals surface area contributed by atoms with E-state index in [1.54, 1.807) is 11.8 Å². The van der Waals surface area contributed by atoms with Gasteiger partial charge in [-0.3, -0.25) is 0 Å². The van der Waals surface area contributed by atoms with Crippen LogP contribution in [-0.2, 0) is 13.6 Å². The number of rotatable bonds is 6. The number of hydrogen-bond donors (Lipinski definition) is 1. The van der Waals surface area contributed by atoms with Crippen molar-refractivity contribution in [3.8, 4) is 0 Å². The molecule has 0 fully saturated rings. The zero-order valence-corrected chi connectivity index (χ0v) is 11.4. The minimum absolute atomic E-state index is 0.854. The minimum atomic E-state index is 0.854. The first kappa shape index (κ1) is 12.8. The van der Waals surface area contributed by atoms with Gasteiger partial charge in [-0.2, -0.15) is 0 Å². The second kappa shape index (κ2) is 6.36. The highest BCUT2D eigenvalue weighted by molar-refractivity contribution is 7.99. The molecular weight excluding hydrogens is 240 g/mol. The Hall–Kier alpha value is -1.61. The highest BCUT2D eigenvalue weighted by Gasteiger charge is 2.01. The van der Waals surface area contributed by atoms with Crippen LogP contribution in [0.25, 0.3) is 0 Å². The van der Waals surface area contributed by atoms with Gasteiger partial charge >= 0.3 is 0 Å². The van der Waals surface area contributed by atoms with Gasteiger partial charge in [-0.1, -0.05) is 18.2 Å². The molecule has 0 bridgehead atoms. The predicted molar refractivity (Wildman–Crippen MR) is 80.1 cm³/mol. The quantitative estimate of drug-likeness (QED) is 0.625. The molecule has 2 aromatic rings. The molecule has 1 aromatic carbocycles. The Morgan fingerprint density at radius 3 is 2.89 bits per heavy atom. The average molecular weight is 258 g/mol. The zero-order valence-electron chi connectivity index (χ0n) is 10.6. The van der Waals surface area contributed by atoms with Crippen LogP contribution in [0.1, 0.15) is 5.56 Å². The van der Waals surface area contributed by atoms with Crippen LogP contribution in [0.2, 0.25) is 0 Å². The highest BCUT2D eigenvalue weighted by atomic mass is 32.2. The SMILES string of the molecule is C=CCSc1ccccc1NCc1ccn(C)c1. The van der Waals surface area contributed by atoms with Crippen LogP contribution in [0.3, 0.4) is 0 Å². The molecule has 0 atom stereocenters. The second-order valence-electron chi connectivity index (χ2n) is 4.13. The molecular formula is C15H18N2S. The number of benzene rings is 1. The number of para-hydroxylation sites is 1. The first-order chi connectivity index (χ1) is 8.79. The van der Waals surface area contributed by atoms with E-state index in [9.17, 15) is 0 Å². The summed E-state index contributed by atoms with van der Waals surface area (Å²) in [7, 11) is 2.04. The van der Waals surface area contributed by atoms with Crippen LogP contribution in [-0.4, -0.2) is 10.3 Å². The van der Waals surface area contributed by atoms with E-state index < -0.39 is 0 Å². The van der Waals surface area contributed by atoms with E-state index in [1.807, 2.05) is 13.1 Å². The molecule has 0 spiro atoms. The maximum absolute atomic E-state index is 3.76. The summed E-state index contributed by atoms with van der Waals surface area (Å²) in [6.45, 7) is 4.61. The van der Waals surface area contributed by atoms with Gasteiger partial charge in [-0.15, -0.1) is 18.3 Å². The molecule has 94 valence electrons. The van der Waals surface area contributed by atoms with E-state index in [4.69, 9.17) is 0 Å². The lowest BCUT2D eigenvalue weighted by Gasteiger charge is -2.10. The van der Waals surface area contributed by atoms with Crippen LogP contribution in [0.4, 0.5) is 5.69 Å². The zero-order chi connectivity index (χ0) is 12.8. The van der Waals surface area contributed by atoms with Crippen LogP contribution >= 0.6 is 11.8 Å². The maximum Gasteiger partial charge on any atom is 0.0481 e. The molecule has 1 N–H and O–H groups in total. The first-order valence-electron chi connectivity index (χ1n) is 5.97. The molecule has 0 radical (unpaired) electrons. The number of anilines is 1. The Bertz CT molecular complexity index is 517. The number of aromatic nitrogens is 1. The van der Waals surface area contributed by atoms with Crippen LogP contribution in [0.15, 0.2) is 60.3 Å². The average Bonchev–Trinajstić information content (AvgIpc) is 2.81. The summed E-state index contributed by atoms with van der Waals surface area (Å²) in [5, 5.41) is 3.48. The van der Waals surface area contributed by atoms with Gasteiger partial charge < -0.3 is 9.88 Å². The van der Waals surface area contributed by atoms with E-state index >= 15 is 0 Å². The van der Waals surface area contributed by atoms with Crippen molar-refractivity contribution in [3.05, 3.63) is 60.9 Å². The van der Waals surface area contributed by atoms with Crippen molar-refractivity contribution in [2.24, 2.45) is 7.05 Å². The van der Waals surface area contributed by atoms with E-state index in [2.05, 4.69) is 59.2 Å². The Morgan fingerprint density at radius 2 is 2.17 bits per heavy atom. The van der Waals surface area contributed by atoms with Crippen LogP contribution in [0, 0.1) is 0 Å². The Labute approximate surface area is 113 Å². The molecule has 0 amide bonds. The third-order valence-electron chi connectivity index (χ3n) is 2.62. The van der Waals surface area contributed by atoms with E-state index in [1.165, 1.54) is 16.1 Å². The smallest absolute Gasteiger partial charge is 0.0481 e. The lowest BCUT2D eigenvalue weighted by molar-refractivity contribution is 0.920. The number of hydrogen-bond acceptors (Lipinski definition) is 2. The van der Waals surface area contributed by atoms with Gasteiger partial charge in [0.2, 0.25) is 0 Å². The molecule has 18 heavy (non-hydrogen) atoms. The van der Waals surface area contributed by atoms with Crippen LogP contribution < -0.4 is 5.32 Å². The first-order valence-corrected chi connectivity index (χ1v) is 6.95. The monoisotopic (exact) mass is 258 g/mol. The fourth-order valence-corrected chi connectivity index (χ4v) is 2.52. The molecule has 0 saturated heterocycles. The maximum atomic E-state index is 3.76. The van der Waals surface area contributed by atoms with E-state index in [-0.39, 0.29) is 0 Å². The van der Waals surface area contributed by atoms with Crippen molar-refractivity contribution in [1.29, 1.82) is 0 Å². The molecule has 0 aliphatic rings. The number of aryl methyl sites for hydroxylation is 1. The molecule has 0 aliphatic heterocycles. The lowest BCUT2D eigenvalue weighted by Crippen LogP contribution is -1.99. The second-order valence-corrected chi connectivity index (χ2v) is 5.20. The summed E-state index contributed by atoms with van der Waals surface area (Å²) in [6.07, 6.45) is 6.13. The van der Waals surface area contributed by atoms with Gasteiger partial charge in [-0.05, 0) is 23.8 Å². The van der Waals surface area contributed by atoms with Gasteiger partial charge in [0.05, 0.1) is 0 Å². The molecule has 0 unspecified atom stereocenters. The normalized spacial score (nSPS) is 10.3. The summed E-state index contributed by atoms with van der Waals surface area (Å²) < 4.78 is 2.06. The van der Waals surface area contributed by atoms with Crippen molar-refractivity contribution in [1.82, 2.24) is 4.57 Å². The third-order valence-corrected chi connectivity index (χ3v) is 3.69. The number of nitrogens with zero attached hydrogens (tertiary/aromatic N) is 1. The fourth-order valence-electron chi connectivity index (χ4n) is 1.75. The van der Waals surface area contributed by atoms with Gasteiger partial charge in [0.25, 0.3) is 0 Å². The van der Waals surface area contributed by atoms with Crippen molar-refractivity contribution < 1.29 is 0 Å². The molecule has 2 nitrogen and oxygen atoms in total. The minimum Gasteiger partial charge on any atom is -0.380 e. The summed E-state index contributed by atoms with van der Waals surface area (Å²) in [4.78, 5) is 1.27. The third kappa shape index (κ3) is 3.44. The van der Waals surface area contributed by atoms with Crippen LogP contribution in [0.5, 0.6) is 0 Å². The summed E-state index contributed by atoms with van der Waals surface area (Å²) in [6, 6.07) is 10.5. The standard InChI is InChI=1S/C15H18N2S/c1-3-10-18-15-7-5-4-6-14(15)16-11-13-8-9-17(2)12-13/h3-9,12,16H,1,10-11H2,2H3. The molecule has 3 heteroatoms. The number of nitrogens with one attached hydrogen (secondary N) is 1. The largest absolute Gasteiger partial charge is 0.380 e. The molecule has 1 aromatic heterocycles. The molecule has 2 rings (SSSR count). The van der Waals surface area contributed by atoms with Gasteiger partial charge in [0.15, 0.2) is 0 Å². The summed E-state index contributed by atoms with van der Waals surface area (Å²) in [5.41, 5.74) is 2.48. The van der Waals surface area contributed by atoms with E-state index in [0.29, 0.717) is 0 Å². The van der Waals surface area contributed by atoms with Crippen molar-refractivity contribution in [3.63, 3.8) is 0 Å². The van der Waals surface area contributed by atoms with E-state index in [0.717, 1.165) is 12.3 Å². The fraction of sp³-hybridized carbons (Fsp3) is 0.200. The summed E-state index contributed by atoms with van der Waals surface area (Å²) in [5.74, 6) is 0.935. The van der Waals surface area contributed by atoms with Crippen molar-refractivity contribution in [2.75, 3.05) is 11.1 Å². The Kier molecular flexibility index (Phi) is 4.53. The lowest BCUT2D eigenvalue weighted by atomic mass is 10.3. The molecule has 1 heterocycles. The number of thioether (sulfide) groups is 1. The predicted octanol–water partition coefficient (Wildman–Crippen LogP) is 3.92. The molecule has 0 aliphatic carbocycles. The Balaban J connectivity index is 2.01. The van der Waals surface area contributed by atoms with Crippen molar-refractivity contribution >= 4 is 17.4 Å². The van der Waals surface area contributed by atoms with Crippen molar-refractivity contribution in [2.45, 2.75) is 11.4 Å². The summed E-state index contributed by atoms with van der Waals surface area (Å²) >= 11 is 1.80. The van der Waals surface area contributed by atoms with Gasteiger partial charge in [0, 0.05) is 42.3 Å². The molecule has 0 saturated carbocycles. The van der Waals surface area contributed by atoms with Gasteiger partial charge in [0.1, 0.15) is 0 Å². The highest BCUT2D eigenvalue weighted by Crippen LogP contribution is 2.27. The topological polar surface area (TPSA) is 17.0 Å². The van der Waals surface area contributed by atoms with Gasteiger partial charge in [-0.25, -0.2) is 0 Å². The Morgan fingerprint density at radius 1 is 1.33 bits per heavy atom.